The van der Waals surface area contributed by atoms with E-state index in [4.69, 9.17) is 5.10 Å². The van der Waals surface area contributed by atoms with Crippen molar-refractivity contribution in [2.24, 2.45) is 0 Å². The Morgan fingerprint density at radius 2 is 1.97 bits per heavy atom. The van der Waals surface area contributed by atoms with Gasteiger partial charge in [-0.3, -0.25) is 9.48 Å². The Balaban J connectivity index is 1.51. The lowest BCUT2D eigenvalue weighted by Crippen LogP contribution is -2.36. The highest BCUT2D eigenvalue weighted by Gasteiger charge is 2.31. The molecule has 1 aliphatic heterocycles. The maximum atomic E-state index is 13.9. The van der Waals surface area contributed by atoms with Crippen LogP contribution in [0, 0.1) is 5.82 Å². The molecule has 1 amide bonds. The van der Waals surface area contributed by atoms with Crippen LogP contribution in [-0.4, -0.2) is 39.7 Å². The van der Waals surface area contributed by atoms with E-state index in [-0.39, 0.29) is 17.8 Å². The molecule has 1 fully saturated rings. The van der Waals surface area contributed by atoms with Gasteiger partial charge in [-0.15, -0.1) is 0 Å². The molecule has 156 valence electrons. The summed E-state index contributed by atoms with van der Waals surface area (Å²) >= 11 is 0. The van der Waals surface area contributed by atoms with Gasteiger partial charge >= 0.3 is 0 Å². The summed E-state index contributed by atoms with van der Waals surface area (Å²) in [6.45, 7) is 5.03. The third kappa shape index (κ3) is 4.37. The molecule has 6 heteroatoms. The predicted molar refractivity (Wildman–Crippen MR) is 111 cm³/mol. The van der Waals surface area contributed by atoms with Crippen LogP contribution in [0.3, 0.4) is 0 Å². The molecule has 0 spiro atoms. The van der Waals surface area contributed by atoms with Crippen molar-refractivity contribution in [1.29, 1.82) is 0 Å². The van der Waals surface area contributed by atoms with E-state index >= 15 is 0 Å². The molecule has 0 bridgehead atoms. The van der Waals surface area contributed by atoms with E-state index in [2.05, 4.69) is 12.2 Å². The first-order valence-electron chi connectivity index (χ1n) is 11.0. The molecule has 5 nitrogen and oxygen atoms in total. The second kappa shape index (κ2) is 9.08. The highest BCUT2D eigenvalue weighted by Crippen LogP contribution is 2.27. The van der Waals surface area contributed by atoms with Gasteiger partial charge in [-0.2, -0.15) is 5.10 Å². The van der Waals surface area contributed by atoms with Crippen LogP contribution in [-0.2, 0) is 25.9 Å². The van der Waals surface area contributed by atoms with Gasteiger partial charge in [0, 0.05) is 49.0 Å². The lowest BCUT2D eigenvalue weighted by Gasteiger charge is -2.25. The number of hydrogen-bond acceptors (Lipinski definition) is 3. The number of benzene rings is 1. The van der Waals surface area contributed by atoms with E-state index < -0.39 is 0 Å². The number of carbonyl (C=O) groups excluding carboxylic acids is 1. The zero-order chi connectivity index (χ0) is 20.2. The Kier molecular flexibility index (Phi) is 6.28. The van der Waals surface area contributed by atoms with Crippen molar-refractivity contribution in [2.75, 3.05) is 13.1 Å². The van der Waals surface area contributed by atoms with Crippen molar-refractivity contribution >= 4 is 5.91 Å². The molecule has 2 aromatic rings. The first-order chi connectivity index (χ1) is 14.2. The van der Waals surface area contributed by atoms with Crippen LogP contribution in [0.15, 0.2) is 24.3 Å². The molecule has 2 heterocycles. The number of carbonyl (C=O) groups is 1. The first kappa shape index (κ1) is 20.1. The van der Waals surface area contributed by atoms with E-state index in [1.165, 1.54) is 24.6 Å². The van der Waals surface area contributed by atoms with Gasteiger partial charge in [0.1, 0.15) is 5.82 Å². The first-order valence-corrected chi connectivity index (χ1v) is 11.0. The van der Waals surface area contributed by atoms with Crippen molar-refractivity contribution in [3.63, 3.8) is 0 Å². The zero-order valence-electron chi connectivity index (χ0n) is 17.3. The normalized spacial score (nSPS) is 19.7. The number of aromatic nitrogens is 2. The second-order valence-corrected chi connectivity index (χ2v) is 8.21. The average molecular weight is 399 g/mol. The van der Waals surface area contributed by atoms with Crippen molar-refractivity contribution in [3.05, 3.63) is 52.6 Å². The largest absolute Gasteiger partial charge is 0.337 e. The third-order valence-corrected chi connectivity index (χ3v) is 6.28. The molecule has 1 atom stereocenters. The molecule has 0 radical (unpaired) electrons. The van der Waals surface area contributed by atoms with Crippen LogP contribution in [0.4, 0.5) is 4.39 Å². The molecule has 2 aliphatic rings. The minimum absolute atomic E-state index is 0.0881. The third-order valence-electron chi connectivity index (χ3n) is 6.28. The number of aryl methyl sites for hydroxylation is 1. The number of halogens is 1. The smallest absolute Gasteiger partial charge is 0.274 e. The van der Waals surface area contributed by atoms with Gasteiger partial charge in [-0.1, -0.05) is 31.0 Å². The maximum Gasteiger partial charge on any atom is 0.274 e. The predicted octanol–water partition coefficient (Wildman–Crippen LogP) is 3.71. The second-order valence-electron chi connectivity index (χ2n) is 8.21. The molecule has 0 saturated carbocycles. The summed E-state index contributed by atoms with van der Waals surface area (Å²) in [5, 5.41) is 8.22. The van der Waals surface area contributed by atoms with Gasteiger partial charge < -0.3 is 10.2 Å². The molecule has 1 N–H and O–H groups in total. The zero-order valence-corrected chi connectivity index (χ0v) is 17.3. The van der Waals surface area contributed by atoms with E-state index in [1.807, 2.05) is 21.7 Å². The maximum absolute atomic E-state index is 13.9. The molecule has 29 heavy (non-hydrogen) atoms. The van der Waals surface area contributed by atoms with Crippen LogP contribution < -0.4 is 5.32 Å². The molecule has 1 aliphatic carbocycles. The fourth-order valence-electron chi connectivity index (χ4n) is 4.61. The van der Waals surface area contributed by atoms with Gasteiger partial charge in [0.15, 0.2) is 5.69 Å². The summed E-state index contributed by atoms with van der Waals surface area (Å²) in [5.41, 5.74) is 3.62. The number of amides is 1. The molecule has 4 rings (SSSR count). The number of hydrogen-bond donors (Lipinski definition) is 1. The number of nitrogens with one attached hydrogen (secondary N) is 1. The molecular formula is C23H31FN4O. The Labute approximate surface area is 172 Å². The fraction of sp³-hybridized carbons (Fsp3) is 0.565. The van der Waals surface area contributed by atoms with E-state index in [1.54, 1.807) is 6.07 Å². The molecule has 1 saturated heterocycles. The van der Waals surface area contributed by atoms with Crippen LogP contribution in [0.5, 0.6) is 0 Å². The number of fused-ring (bicyclic) bond motifs is 1. The van der Waals surface area contributed by atoms with Crippen molar-refractivity contribution < 1.29 is 9.18 Å². The summed E-state index contributed by atoms with van der Waals surface area (Å²) in [6.07, 6.45) is 7.21. The summed E-state index contributed by atoms with van der Waals surface area (Å²) in [6, 6.07) is 7.12. The van der Waals surface area contributed by atoms with Gasteiger partial charge in [-0.25, -0.2) is 4.39 Å². The SMILES string of the molecule is CCn1nc(C(=O)N2CCCCCC2)c2c1CC[C@H](NCc1ccccc1F)C2. The average Bonchev–Trinajstić information content (AvgIpc) is 2.90. The molecule has 1 aromatic heterocycles. The minimum Gasteiger partial charge on any atom is -0.337 e. The Bertz CT molecular complexity index is 855. The Morgan fingerprint density at radius 3 is 2.69 bits per heavy atom. The summed E-state index contributed by atoms with van der Waals surface area (Å²) in [5.74, 6) is -0.0857. The van der Waals surface area contributed by atoms with E-state index in [9.17, 15) is 9.18 Å². The highest BCUT2D eigenvalue weighted by atomic mass is 19.1. The summed E-state index contributed by atoms with van der Waals surface area (Å²) in [7, 11) is 0. The molecule has 0 unspecified atom stereocenters. The number of rotatable bonds is 5. The summed E-state index contributed by atoms with van der Waals surface area (Å²) in [4.78, 5) is 15.3. The van der Waals surface area contributed by atoms with Gasteiger partial charge in [0.2, 0.25) is 0 Å². The Morgan fingerprint density at radius 1 is 1.21 bits per heavy atom. The van der Waals surface area contributed by atoms with Crippen LogP contribution >= 0.6 is 0 Å². The molecular weight excluding hydrogens is 367 g/mol. The van der Waals surface area contributed by atoms with E-state index in [0.717, 1.165) is 57.3 Å². The number of likely N-dealkylation sites (tertiary alicyclic amines) is 1. The van der Waals surface area contributed by atoms with E-state index in [0.29, 0.717) is 17.8 Å². The lowest BCUT2D eigenvalue weighted by molar-refractivity contribution is 0.0753. The van der Waals surface area contributed by atoms with Crippen molar-refractivity contribution in [3.8, 4) is 0 Å². The quantitative estimate of drug-likeness (QED) is 0.835. The van der Waals surface area contributed by atoms with Crippen molar-refractivity contribution in [2.45, 2.75) is 71.0 Å². The molecule has 1 aromatic carbocycles. The van der Waals surface area contributed by atoms with Crippen LogP contribution in [0.1, 0.15) is 66.3 Å². The monoisotopic (exact) mass is 398 g/mol. The minimum atomic E-state index is -0.174. The Hall–Kier alpha value is -2.21. The highest BCUT2D eigenvalue weighted by molar-refractivity contribution is 5.94. The van der Waals surface area contributed by atoms with Gasteiger partial charge in [0.25, 0.3) is 5.91 Å². The fourth-order valence-corrected chi connectivity index (χ4v) is 4.61. The summed E-state index contributed by atoms with van der Waals surface area (Å²) < 4.78 is 15.9. The topological polar surface area (TPSA) is 50.2 Å². The number of nitrogens with zero attached hydrogens (tertiary/aromatic N) is 3. The van der Waals surface area contributed by atoms with Crippen LogP contribution in [0.2, 0.25) is 0 Å². The lowest BCUT2D eigenvalue weighted by atomic mass is 9.91. The standard InChI is InChI=1S/C23H31FN4O/c1-2-28-21-12-11-18(25-16-17-9-5-6-10-20(17)24)15-19(21)22(26-28)23(29)27-13-7-3-4-8-14-27/h5-6,9-10,18,25H,2-4,7-8,11-16H2,1H3/t18-/m0/s1. The van der Waals surface area contributed by atoms with Gasteiger partial charge in [-0.05, 0) is 45.1 Å². The van der Waals surface area contributed by atoms with Crippen LogP contribution in [0.25, 0.3) is 0 Å². The van der Waals surface area contributed by atoms with Gasteiger partial charge in [0.05, 0.1) is 0 Å². The van der Waals surface area contributed by atoms with Crippen molar-refractivity contribution in [1.82, 2.24) is 20.0 Å².